The molecule has 146 valence electrons. The van der Waals surface area contributed by atoms with Gasteiger partial charge in [-0.05, 0) is 41.5 Å². The maximum atomic E-state index is 6.37. The predicted molar refractivity (Wildman–Crippen MR) is 116 cm³/mol. The number of aryl methyl sites for hydroxylation is 1. The predicted octanol–water partition coefficient (Wildman–Crippen LogP) is 3.09. The average molecular weight is 395 g/mol. The van der Waals surface area contributed by atoms with Crippen molar-refractivity contribution in [1.82, 2.24) is 19.1 Å². The zero-order valence-corrected chi connectivity index (χ0v) is 17.1. The summed E-state index contributed by atoms with van der Waals surface area (Å²) in [7, 11) is 0.170. The average Bonchev–Trinajstić information content (AvgIpc) is 3.60. The summed E-state index contributed by atoms with van der Waals surface area (Å²) in [6.07, 6.45) is 7.15. The van der Waals surface area contributed by atoms with Gasteiger partial charge in [-0.3, -0.25) is 4.68 Å². The highest BCUT2D eigenvalue weighted by Gasteiger charge is 2.42. The number of aromatic nitrogens is 2. The highest BCUT2D eigenvalue weighted by Crippen LogP contribution is 2.60. The molecule has 0 saturated carbocycles. The van der Waals surface area contributed by atoms with Crippen LogP contribution in [0.2, 0.25) is 0 Å². The Kier molecular flexibility index (Phi) is 4.33. The van der Waals surface area contributed by atoms with E-state index in [1.54, 1.807) is 0 Å². The number of hydrogen-bond acceptors (Lipinski definition) is 5. The molecule has 0 radical (unpaired) electrons. The van der Waals surface area contributed by atoms with Gasteiger partial charge in [0.2, 0.25) is 0 Å². The Balaban J connectivity index is 1.35. The number of nitrogens with two attached hydrogens (primary N) is 1. The van der Waals surface area contributed by atoms with E-state index < -0.39 is 7.41 Å². The van der Waals surface area contributed by atoms with Gasteiger partial charge >= 0.3 is 0 Å². The van der Waals surface area contributed by atoms with Crippen LogP contribution in [0.1, 0.15) is 16.7 Å². The second-order valence-corrected chi connectivity index (χ2v) is 10.4. The third-order valence-electron chi connectivity index (χ3n) is 5.58. The monoisotopic (exact) mass is 395 g/mol. The van der Waals surface area contributed by atoms with Gasteiger partial charge in [0, 0.05) is 44.3 Å². The fourth-order valence-corrected chi connectivity index (χ4v) is 6.13. The Morgan fingerprint density at radius 2 is 1.79 bits per heavy atom. The molecule has 2 N–H and O–H groups in total. The number of fused-ring (bicyclic) bond motifs is 1. The fourth-order valence-electron chi connectivity index (χ4n) is 3.66. The Hall–Kier alpha value is -2.11. The van der Waals surface area contributed by atoms with Crippen LogP contribution in [0.5, 0.6) is 0 Å². The van der Waals surface area contributed by atoms with Gasteiger partial charge in [0.1, 0.15) is 7.41 Å². The van der Waals surface area contributed by atoms with Crippen LogP contribution >= 0.6 is 7.41 Å². The van der Waals surface area contributed by atoms with Crippen LogP contribution < -0.4 is 5.73 Å². The summed E-state index contributed by atoms with van der Waals surface area (Å²) >= 11 is 0. The molecule has 2 saturated heterocycles. The number of benzene rings is 2. The van der Waals surface area contributed by atoms with E-state index in [0.717, 1.165) is 60.3 Å². The maximum Gasteiger partial charge on any atom is 0.131 e. The zero-order chi connectivity index (χ0) is 19.3. The molecule has 28 heavy (non-hydrogen) atoms. The largest absolute Gasteiger partial charge is 0.398 e. The number of anilines is 1. The van der Waals surface area contributed by atoms with E-state index in [4.69, 9.17) is 10.3 Å². The lowest BCUT2D eigenvalue weighted by Crippen LogP contribution is -2.08. The van der Waals surface area contributed by atoms with Gasteiger partial charge in [-0.1, -0.05) is 24.3 Å². The third kappa shape index (κ3) is 3.38. The quantitative estimate of drug-likeness (QED) is 0.379. The second kappa shape index (κ2) is 6.75. The topological polar surface area (TPSA) is 59.1 Å². The number of nitrogens with zero attached hydrogens (tertiary/aromatic N) is 4. The van der Waals surface area contributed by atoms with Crippen molar-refractivity contribution in [3.63, 3.8) is 0 Å². The highest BCUT2D eigenvalue weighted by molar-refractivity contribution is 7.65. The lowest BCUT2D eigenvalue weighted by Gasteiger charge is -2.27. The maximum absolute atomic E-state index is 6.37. The first-order valence-electron chi connectivity index (χ1n) is 9.70. The summed E-state index contributed by atoms with van der Waals surface area (Å²) in [6.45, 7) is 5.02. The molecular weight excluding hydrogens is 369 g/mol. The molecule has 2 fully saturated rings. The van der Waals surface area contributed by atoms with Gasteiger partial charge in [0.15, 0.2) is 0 Å². The number of hydrogen-bond donors (Lipinski definition) is 1. The molecule has 0 aliphatic carbocycles. The molecule has 0 atom stereocenters. The summed E-state index contributed by atoms with van der Waals surface area (Å²) in [6, 6.07) is 12.7. The summed E-state index contributed by atoms with van der Waals surface area (Å²) < 4.78 is 13.0. The molecule has 0 amide bonds. The third-order valence-corrected chi connectivity index (χ3v) is 8.70. The molecule has 7 heteroatoms. The van der Waals surface area contributed by atoms with Crippen LogP contribution in [0, 0.1) is 0 Å². The van der Waals surface area contributed by atoms with Crippen LogP contribution in [0.15, 0.2) is 42.6 Å². The van der Waals surface area contributed by atoms with E-state index >= 15 is 0 Å². The Bertz CT molecular complexity index is 1070. The first kappa shape index (κ1) is 18.0. The van der Waals surface area contributed by atoms with E-state index in [-0.39, 0.29) is 0 Å². The van der Waals surface area contributed by atoms with Crippen molar-refractivity contribution in [2.75, 3.05) is 31.9 Å². The number of rotatable bonds is 7. The molecule has 1 aromatic heterocycles. The molecule has 0 unspecified atom stereocenters. The van der Waals surface area contributed by atoms with Crippen molar-refractivity contribution in [2.45, 2.75) is 13.0 Å². The smallest absolute Gasteiger partial charge is 0.131 e. The van der Waals surface area contributed by atoms with Gasteiger partial charge in [-0.25, -0.2) is 9.34 Å². The highest BCUT2D eigenvalue weighted by atomic mass is 31.2. The Labute approximate surface area is 165 Å². The zero-order valence-electron chi connectivity index (χ0n) is 16.2. The first-order valence-corrected chi connectivity index (χ1v) is 11.5. The van der Waals surface area contributed by atoms with Crippen molar-refractivity contribution in [3.05, 3.63) is 59.3 Å². The molecular formula is C21H26N5OP. The molecule has 0 spiro atoms. The molecule has 2 aliphatic heterocycles. The van der Waals surface area contributed by atoms with Crippen molar-refractivity contribution in [1.29, 1.82) is 0 Å². The van der Waals surface area contributed by atoms with Crippen molar-refractivity contribution < 1.29 is 4.52 Å². The van der Waals surface area contributed by atoms with E-state index in [2.05, 4.69) is 51.1 Å². The second-order valence-electron chi connectivity index (χ2n) is 7.72. The Morgan fingerprint density at radius 3 is 2.50 bits per heavy atom. The van der Waals surface area contributed by atoms with Crippen LogP contribution in [-0.2, 0) is 24.6 Å². The SMILES string of the molecule is C=P(OCc1ccc(N)c(Cc2ccc3cnn(C)c3c2)c1)(N1CC1)N1CC1. The first-order chi connectivity index (χ1) is 13.5. The minimum absolute atomic E-state index is 0.582. The molecule has 5 rings (SSSR count). The molecule has 2 aromatic carbocycles. The van der Waals surface area contributed by atoms with Gasteiger partial charge in [0.25, 0.3) is 0 Å². The summed E-state index contributed by atoms with van der Waals surface area (Å²) in [5.74, 6) is 0. The van der Waals surface area contributed by atoms with Crippen LogP contribution in [0.3, 0.4) is 0 Å². The van der Waals surface area contributed by atoms with Gasteiger partial charge in [0.05, 0.1) is 18.3 Å². The molecule has 3 aromatic rings. The standard InChI is InChI=1S/C21H26N5OP/c1-24-21-13-16(3-5-18(21)14-23-24)11-19-12-17(4-6-20(19)22)15-27-28(2,25-7-8-25)26-9-10-26/h3-6,12-14H,2,7-11,15,22H2,1H3. The van der Waals surface area contributed by atoms with Crippen molar-refractivity contribution in [3.8, 4) is 0 Å². The van der Waals surface area contributed by atoms with E-state index in [0.29, 0.717) is 6.61 Å². The summed E-state index contributed by atoms with van der Waals surface area (Å²) in [5, 5.41) is 5.48. The molecule has 2 aliphatic rings. The lowest BCUT2D eigenvalue weighted by atomic mass is 10.0. The van der Waals surface area contributed by atoms with E-state index in [1.807, 2.05) is 24.0 Å². The van der Waals surface area contributed by atoms with E-state index in [1.165, 1.54) is 5.56 Å². The normalized spacial score (nSPS) is 17.3. The molecule has 3 heterocycles. The van der Waals surface area contributed by atoms with Crippen molar-refractivity contribution in [2.24, 2.45) is 7.05 Å². The van der Waals surface area contributed by atoms with Crippen LogP contribution in [-0.4, -0.2) is 51.6 Å². The molecule has 0 bridgehead atoms. The van der Waals surface area contributed by atoms with Crippen LogP contribution in [0.25, 0.3) is 10.9 Å². The molecule has 6 nitrogen and oxygen atoms in total. The number of nitrogen functional groups attached to an aromatic ring is 1. The lowest BCUT2D eigenvalue weighted by molar-refractivity contribution is 0.307. The van der Waals surface area contributed by atoms with E-state index in [9.17, 15) is 0 Å². The van der Waals surface area contributed by atoms with Crippen LogP contribution in [0.4, 0.5) is 5.69 Å². The summed E-state index contributed by atoms with van der Waals surface area (Å²) in [4.78, 5) is 0. The minimum Gasteiger partial charge on any atom is -0.398 e. The van der Waals surface area contributed by atoms with Gasteiger partial charge in [-0.15, -0.1) is 0 Å². The Morgan fingerprint density at radius 1 is 1.07 bits per heavy atom. The van der Waals surface area contributed by atoms with Gasteiger partial charge in [-0.2, -0.15) is 5.10 Å². The summed E-state index contributed by atoms with van der Waals surface area (Å²) in [5.41, 5.74) is 11.8. The van der Waals surface area contributed by atoms with Gasteiger partial charge < -0.3 is 10.3 Å². The minimum atomic E-state index is -1.80. The van der Waals surface area contributed by atoms with Crippen molar-refractivity contribution >= 4 is 30.3 Å². The fraction of sp³-hybridized carbons (Fsp3) is 0.333.